The van der Waals surface area contributed by atoms with Crippen molar-refractivity contribution in [3.05, 3.63) is 42.1 Å². The van der Waals surface area contributed by atoms with E-state index in [1.807, 2.05) is 36.4 Å². The normalized spacial score (nSPS) is 17.6. The molecule has 0 atom stereocenters. The monoisotopic (exact) mass is 338 g/mol. The number of aromatic nitrogens is 2. The molecule has 0 unspecified atom stereocenters. The second kappa shape index (κ2) is 6.70. The van der Waals surface area contributed by atoms with Gasteiger partial charge in [0, 0.05) is 18.2 Å². The van der Waals surface area contributed by atoms with Gasteiger partial charge >= 0.3 is 0 Å². The molecule has 1 N–H and O–H groups in total. The molecule has 1 aromatic carbocycles. The number of rotatable bonds is 4. The molecule has 25 heavy (non-hydrogen) atoms. The molecule has 2 heterocycles. The average molecular weight is 338 g/mol. The quantitative estimate of drug-likeness (QED) is 0.928. The number of benzene rings is 1. The van der Waals surface area contributed by atoms with E-state index in [0.717, 1.165) is 24.1 Å². The van der Waals surface area contributed by atoms with Crippen molar-refractivity contribution < 1.29 is 9.59 Å². The molecule has 6 heteroatoms. The minimum Gasteiger partial charge on any atom is -0.352 e. The largest absolute Gasteiger partial charge is 0.352 e. The Morgan fingerprint density at radius 3 is 2.68 bits per heavy atom. The third-order valence-corrected chi connectivity index (χ3v) is 4.99. The number of fused-ring (bicyclic) bond motifs is 1. The summed E-state index contributed by atoms with van der Waals surface area (Å²) in [5, 5.41) is 7.58. The van der Waals surface area contributed by atoms with Crippen LogP contribution in [0, 0.1) is 0 Å². The summed E-state index contributed by atoms with van der Waals surface area (Å²) in [6, 6.07) is 11.9. The molecule has 0 spiro atoms. The number of nitrogens with zero attached hydrogens (tertiary/aromatic N) is 3. The summed E-state index contributed by atoms with van der Waals surface area (Å²) in [7, 11) is 0. The maximum atomic E-state index is 12.7. The van der Waals surface area contributed by atoms with Crippen LogP contribution in [-0.2, 0) is 11.3 Å². The Bertz CT molecular complexity index is 778. The highest BCUT2D eigenvalue weighted by molar-refractivity contribution is 5.96. The summed E-state index contributed by atoms with van der Waals surface area (Å²) in [6.07, 6.45) is 4.45. The van der Waals surface area contributed by atoms with E-state index in [1.54, 1.807) is 9.58 Å². The van der Waals surface area contributed by atoms with Crippen LogP contribution in [0.2, 0.25) is 0 Å². The van der Waals surface area contributed by atoms with Gasteiger partial charge in [-0.2, -0.15) is 5.10 Å². The van der Waals surface area contributed by atoms with Gasteiger partial charge in [-0.3, -0.25) is 14.3 Å². The zero-order chi connectivity index (χ0) is 17.2. The molecular weight excluding hydrogens is 316 g/mol. The maximum Gasteiger partial charge on any atom is 0.272 e. The Balaban J connectivity index is 1.45. The fourth-order valence-electron chi connectivity index (χ4n) is 3.66. The minimum absolute atomic E-state index is 0.0588. The van der Waals surface area contributed by atoms with Gasteiger partial charge in [-0.05, 0) is 18.9 Å². The van der Waals surface area contributed by atoms with Crippen molar-refractivity contribution in [2.45, 2.75) is 38.3 Å². The molecule has 6 nitrogen and oxygen atoms in total. The lowest BCUT2D eigenvalue weighted by molar-refractivity contribution is -0.122. The number of amides is 2. The first-order chi connectivity index (χ1) is 12.2. The summed E-state index contributed by atoms with van der Waals surface area (Å²) in [6.45, 7) is 1.26. The average Bonchev–Trinajstić information content (AvgIpc) is 3.28. The van der Waals surface area contributed by atoms with Crippen LogP contribution < -0.4 is 5.32 Å². The summed E-state index contributed by atoms with van der Waals surface area (Å²) < 4.78 is 1.75. The standard InChI is InChI=1S/C19H22N4O2/c24-18(20-15-8-4-5-9-15)13-22-10-11-23-17(19(22)25)12-16(21-23)14-6-2-1-3-7-14/h1-3,6-7,12,15H,4-5,8-11,13H2,(H,20,24). The van der Waals surface area contributed by atoms with Crippen LogP contribution in [0.25, 0.3) is 11.3 Å². The van der Waals surface area contributed by atoms with E-state index in [-0.39, 0.29) is 24.4 Å². The molecule has 1 saturated carbocycles. The van der Waals surface area contributed by atoms with Gasteiger partial charge in [0.25, 0.3) is 5.91 Å². The van der Waals surface area contributed by atoms with E-state index in [4.69, 9.17) is 0 Å². The van der Waals surface area contributed by atoms with E-state index in [1.165, 1.54) is 12.8 Å². The lowest BCUT2D eigenvalue weighted by Gasteiger charge is -2.27. The molecule has 2 aliphatic rings. The van der Waals surface area contributed by atoms with Crippen LogP contribution in [0.3, 0.4) is 0 Å². The Morgan fingerprint density at radius 1 is 1.16 bits per heavy atom. The SMILES string of the molecule is O=C(CN1CCn2nc(-c3ccccc3)cc2C1=O)NC1CCCC1. The summed E-state index contributed by atoms with van der Waals surface area (Å²) in [5.41, 5.74) is 2.34. The van der Waals surface area contributed by atoms with Crippen LogP contribution in [-0.4, -0.2) is 45.6 Å². The van der Waals surface area contributed by atoms with Crippen molar-refractivity contribution in [1.82, 2.24) is 20.0 Å². The molecule has 0 radical (unpaired) electrons. The summed E-state index contributed by atoms with van der Waals surface area (Å²) in [4.78, 5) is 26.6. The van der Waals surface area contributed by atoms with Crippen LogP contribution >= 0.6 is 0 Å². The van der Waals surface area contributed by atoms with Crippen LogP contribution in [0.4, 0.5) is 0 Å². The number of hydrogen-bond donors (Lipinski definition) is 1. The van der Waals surface area contributed by atoms with Crippen molar-refractivity contribution in [3.63, 3.8) is 0 Å². The Kier molecular flexibility index (Phi) is 4.26. The molecule has 2 aromatic rings. The number of carbonyl (C=O) groups is 2. The Hall–Kier alpha value is -2.63. The molecule has 1 fully saturated rings. The van der Waals surface area contributed by atoms with Gasteiger partial charge in [-0.25, -0.2) is 0 Å². The maximum absolute atomic E-state index is 12.7. The number of nitrogens with one attached hydrogen (secondary N) is 1. The third-order valence-electron chi connectivity index (χ3n) is 4.99. The molecule has 1 aliphatic heterocycles. The molecule has 1 aliphatic carbocycles. The molecule has 0 bridgehead atoms. The van der Waals surface area contributed by atoms with Crippen molar-refractivity contribution in [1.29, 1.82) is 0 Å². The first kappa shape index (κ1) is 15.9. The zero-order valence-corrected chi connectivity index (χ0v) is 14.1. The summed E-state index contributed by atoms with van der Waals surface area (Å²) >= 11 is 0. The predicted octanol–water partition coefficient (Wildman–Crippen LogP) is 2.06. The number of hydrogen-bond acceptors (Lipinski definition) is 3. The van der Waals surface area contributed by atoms with Crippen LogP contribution in [0.5, 0.6) is 0 Å². The fourth-order valence-corrected chi connectivity index (χ4v) is 3.66. The lowest BCUT2D eigenvalue weighted by Crippen LogP contribution is -2.47. The third kappa shape index (κ3) is 3.29. The van der Waals surface area contributed by atoms with Crippen molar-refractivity contribution in [2.75, 3.05) is 13.1 Å². The molecule has 0 saturated heterocycles. The smallest absolute Gasteiger partial charge is 0.272 e. The lowest BCUT2D eigenvalue weighted by atomic mass is 10.1. The zero-order valence-electron chi connectivity index (χ0n) is 14.1. The molecular formula is C19H22N4O2. The minimum atomic E-state index is -0.123. The van der Waals surface area contributed by atoms with E-state index in [0.29, 0.717) is 18.8 Å². The van der Waals surface area contributed by atoms with E-state index < -0.39 is 0 Å². The highest BCUT2D eigenvalue weighted by Gasteiger charge is 2.28. The van der Waals surface area contributed by atoms with E-state index in [2.05, 4.69) is 10.4 Å². The van der Waals surface area contributed by atoms with Crippen molar-refractivity contribution in [3.8, 4) is 11.3 Å². The van der Waals surface area contributed by atoms with Crippen LogP contribution in [0.15, 0.2) is 36.4 Å². The van der Waals surface area contributed by atoms with Crippen LogP contribution in [0.1, 0.15) is 36.2 Å². The van der Waals surface area contributed by atoms with Gasteiger partial charge in [0.15, 0.2) is 0 Å². The molecule has 1 aromatic heterocycles. The van der Waals surface area contributed by atoms with E-state index in [9.17, 15) is 9.59 Å². The first-order valence-corrected chi connectivity index (χ1v) is 8.92. The predicted molar refractivity (Wildman–Crippen MR) is 94.0 cm³/mol. The van der Waals surface area contributed by atoms with Gasteiger partial charge in [-0.1, -0.05) is 43.2 Å². The van der Waals surface area contributed by atoms with Crippen molar-refractivity contribution in [2.24, 2.45) is 0 Å². The Labute approximate surface area is 146 Å². The second-order valence-corrected chi connectivity index (χ2v) is 6.78. The summed E-state index contributed by atoms with van der Waals surface area (Å²) in [5.74, 6) is -0.181. The van der Waals surface area contributed by atoms with Gasteiger partial charge < -0.3 is 10.2 Å². The highest BCUT2D eigenvalue weighted by atomic mass is 16.2. The highest BCUT2D eigenvalue weighted by Crippen LogP contribution is 2.22. The molecule has 2 amide bonds. The van der Waals surface area contributed by atoms with Gasteiger partial charge in [0.05, 0.1) is 18.8 Å². The molecule has 4 rings (SSSR count). The van der Waals surface area contributed by atoms with Gasteiger partial charge in [0.2, 0.25) is 5.91 Å². The van der Waals surface area contributed by atoms with Gasteiger partial charge in [0.1, 0.15) is 5.69 Å². The Morgan fingerprint density at radius 2 is 1.92 bits per heavy atom. The fraction of sp³-hybridized carbons (Fsp3) is 0.421. The second-order valence-electron chi connectivity index (χ2n) is 6.78. The molecule has 130 valence electrons. The van der Waals surface area contributed by atoms with Crippen molar-refractivity contribution >= 4 is 11.8 Å². The van der Waals surface area contributed by atoms with Gasteiger partial charge in [-0.15, -0.1) is 0 Å². The number of carbonyl (C=O) groups excluding carboxylic acids is 2. The van der Waals surface area contributed by atoms with E-state index >= 15 is 0 Å². The topological polar surface area (TPSA) is 67.2 Å². The first-order valence-electron chi connectivity index (χ1n) is 8.92.